The number of nitrogens with zero attached hydrogens (tertiary/aromatic N) is 7. The van der Waals surface area contributed by atoms with Crippen molar-refractivity contribution in [2.45, 2.75) is 33.6 Å². The summed E-state index contributed by atoms with van der Waals surface area (Å²) >= 11 is 0. The molecule has 0 bridgehead atoms. The van der Waals surface area contributed by atoms with Crippen molar-refractivity contribution in [1.82, 2.24) is 29.5 Å². The molecule has 4 heterocycles. The van der Waals surface area contributed by atoms with Crippen molar-refractivity contribution in [1.29, 1.82) is 0 Å². The Morgan fingerprint density at radius 2 is 1.69 bits per heavy atom. The predicted molar refractivity (Wildman–Crippen MR) is 112 cm³/mol. The van der Waals surface area contributed by atoms with Gasteiger partial charge < -0.3 is 9.80 Å². The lowest BCUT2D eigenvalue weighted by molar-refractivity contribution is -0.133. The van der Waals surface area contributed by atoms with E-state index in [1.54, 1.807) is 6.33 Å². The van der Waals surface area contributed by atoms with Gasteiger partial charge in [-0.25, -0.2) is 14.6 Å². The Balaban J connectivity index is 1.33. The van der Waals surface area contributed by atoms with Crippen molar-refractivity contribution in [2.24, 2.45) is 5.92 Å². The van der Waals surface area contributed by atoms with Crippen LogP contribution in [-0.2, 0) is 4.79 Å². The van der Waals surface area contributed by atoms with E-state index in [1.165, 1.54) is 0 Å². The summed E-state index contributed by atoms with van der Waals surface area (Å²) in [4.78, 5) is 28.0. The zero-order chi connectivity index (χ0) is 20.4. The van der Waals surface area contributed by atoms with Crippen LogP contribution >= 0.6 is 0 Å². The smallest absolute Gasteiger partial charge is 0.236 e. The lowest BCUT2D eigenvalue weighted by Gasteiger charge is -2.37. The number of amides is 1. The van der Waals surface area contributed by atoms with Gasteiger partial charge in [-0.1, -0.05) is 6.92 Å². The normalized spacial score (nSPS) is 19.0. The predicted octanol–water partition coefficient (Wildman–Crippen LogP) is 1.66. The SMILES string of the molecule is Cc1cc(C)n(-c2cc(N3CCN(CC(=O)N4CCC(C)CC4)CC3)ncn2)n1. The quantitative estimate of drug-likeness (QED) is 0.782. The fraction of sp³-hybridized carbons (Fsp3) is 0.619. The Kier molecular flexibility index (Phi) is 5.80. The van der Waals surface area contributed by atoms with E-state index in [2.05, 4.69) is 31.8 Å². The Hall–Kier alpha value is -2.48. The number of piperidine rings is 1. The average molecular weight is 398 g/mol. The molecule has 29 heavy (non-hydrogen) atoms. The van der Waals surface area contributed by atoms with Crippen molar-refractivity contribution < 1.29 is 4.79 Å². The number of rotatable bonds is 4. The first-order chi connectivity index (χ1) is 14.0. The number of hydrogen-bond acceptors (Lipinski definition) is 6. The molecular formula is C21H31N7O. The minimum atomic E-state index is 0.277. The van der Waals surface area contributed by atoms with E-state index in [0.29, 0.717) is 6.54 Å². The first kappa shape index (κ1) is 19.8. The van der Waals surface area contributed by atoms with Crippen LogP contribution in [-0.4, -0.2) is 81.3 Å². The topological polar surface area (TPSA) is 70.4 Å². The monoisotopic (exact) mass is 397 g/mol. The molecule has 2 saturated heterocycles. The second-order valence-corrected chi connectivity index (χ2v) is 8.40. The molecule has 0 radical (unpaired) electrons. The molecule has 0 aromatic carbocycles. The molecule has 8 heteroatoms. The van der Waals surface area contributed by atoms with Crippen LogP contribution in [0.25, 0.3) is 5.82 Å². The number of aromatic nitrogens is 4. The molecule has 0 atom stereocenters. The second kappa shape index (κ2) is 8.49. The van der Waals surface area contributed by atoms with Crippen LogP contribution in [0.2, 0.25) is 0 Å². The maximum absolute atomic E-state index is 12.6. The molecule has 8 nitrogen and oxygen atoms in total. The van der Waals surface area contributed by atoms with Gasteiger partial charge in [0.05, 0.1) is 12.2 Å². The first-order valence-corrected chi connectivity index (χ1v) is 10.6. The summed E-state index contributed by atoms with van der Waals surface area (Å²) in [6, 6.07) is 4.04. The van der Waals surface area contributed by atoms with Crippen molar-refractivity contribution in [3.63, 3.8) is 0 Å². The van der Waals surface area contributed by atoms with Gasteiger partial charge in [0.25, 0.3) is 0 Å². The molecule has 0 saturated carbocycles. The lowest BCUT2D eigenvalue weighted by atomic mass is 9.99. The molecule has 2 aliphatic rings. The molecule has 2 fully saturated rings. The van der Waals surface area contributed by atoms with Crippen LogP contribution in [0.1, 0.15) is 31.2 Å². The van der Waals surface area contributed by atoms with Gasteiger partial charge >= 0.3 is 0 Å². The molecule has 0 aliphatic carbocycles. The molecule has 2 aromatic rings. The van der Waals surface area contributed by atoms with Gasteiger partial charge in [0.2, 0.25) is 5.91 Å². The highest BCUT2D eigenvalue weighted by molar-refractivity contribution is 5.78. The summed E-state index contributed by atoms with van der Waals surface area (Å²) in [5.74, 6) is 2.73. The molecule has 0 N–H and O–H groups in total. The third-order valence-electron chi connectivity index (χ3n) is 6.06. The fourth-order valence-electron chi connectivity index (χ4n) is 4.17. The highest BCUT2D eigenvalue weighted by Crippen LogP contribution is 2.19. The van der Waals surface area contributed by atoms with Crippen molar-refractivity contribution in [2.75, 3.05) is 50.7 Å². The first-order valence-electron chi connectivity index (χ1n) is 10.6. The summed E-state index contributed by atoms with van der Waals surface area (Å²) < 4.78 is 1.86. The number of aryl methyl sites for hydroxylation is 2. The van der Waals surface area contributed by atoms with E-state index < -0.39 is 0 Å². The van der Waals surface area contributed by atoms with Crippen LogP contribution in [0.5, 0.6) is 0 Å². The Morgan fingerprint density at radius 1 is 1.00 bits per heavy atom. The van der Waals surface area contributed by atoms with Crippen molar-refractivity contribution in [3.8, 4) is 5.82 Å². The van der Waals surface area contributed by atoms with Gasteiger partial charge in [-0.3, -0.25) is 9.69 Å². The van der Waals surface area contributed by atoms with Crippen LogP contribution in [0, 0.1) is 19.8 Å². The van der Waals surface area contributed by atoms with Crippen LogP contribution in [0.4, 0.5) is 5.82 Å². The number of anilines is 1. The van der Waals surface area contributed by atoms with E-state index in [1.807, 2.05) is 35.6 Å². The van der Waals surface area contributed by atoms with Gasteiger partial charge in [0.15, 0.2) is 5.82 Å². The number of carbonyl (C=O) groups is 1. The minimum Gasteiger partial charge on any atom is -0.354 e. The van der Waals surface area contributed by atoms with Gasteiger partial charge in [0, 0.05) is 51.0 Å². The summed E-state index contributed by atoms with van der Waals surface area (Å²) in [5, 5.41) is 4.52. The lowest BCUT2D eigenvalue weighted by Crippen LogP contribution is -2.51. The highest BCUT2D eigenvalue weighted by Gasteiger charge is 2.25. The third-order valence-corrected chi connectivity index (χ3v) is 6.06. The molecule has 0 unspecified atom stereocenters. The van der Waals surface area contributed by atoms with E-state index in [9.17, 15) is 4.79 Å². The summed E-state index contributed by atoms with van der Waals surface area (Å²) in [6.07, 6.45) is 3.87. The van der Waals surface area contributed by atoms with E-state index in [-0.39, 0.29) is 5.91 Å². The molecule has 2 aromatic heterocycles. The average Bonchev–Trinajstić information content (AvgIpc) is 3.07. The molecular weight excluding hydrogens is 366 g/mol. The number of carbonyl (C=O) groups excluding carboxylic acids is 1. The van der Waals surface area contributed by atoms with Gasteiger partial charge in [0.1, 0.15) is 12.1 Å². The fourth-order valence-corrected chi connectivity index (χ4v) is 4.17. The van der Waals surface area contributed by atoms with Crippen molar-refractivity contribution >= 4 is 11.7 Å². The minimum absolute atomic E-state index is 0.277. The number of hydrogen-bond donors (Lipinski definition) is 0. The Morgan fingerprint density at radius 3 is 2.34 bits per heavy atom. The second-order valence-electron chi connectivity index (χ2n) is 8.40. The van der Waals surface area contributed by atoms with Crippen LogP contribution < -0.4 is 4.90 Å². The van der Waals surface area contributed by atoms with Gasteiger partial charge in [-0.05, 0) is 38.7 Å². The number of likely N-dealkylation sites (tertiary alicyclic amines) is 1. The van der Waals surface area contributed by atoms with Gasteiger partial charge in [-0.2, -0.15) is 5.10 Å². The zero-order valence-corrected chi connectivity index (χ0v) is 17.7. The van der Waals surface area contributed by atoms with Gasteiger partial charge in [-0.15, -0.1) is 0 Å². The maximum Gasteiger partial charge on any atom is 0.236 e. The number of piperazine rings is 1. The summed E-state index contributed by atoms with van der Waals surface area (Å²) in [7, 11) is 0. The van der Waals surface area contributed by atoms with Crippen LogP contribution in [0.3, 0.4) is 0 Å². The standard InChI is InChI=1S/C21H31N7O/c1-16-4-6-27(7-5-16)21(29)14-25-8-10-26(11-9-25)19-13-20(23-15-22-19)28-18(3)12-17(2)24-28/h12-13,15-16H,4-11,14H2,1-3H3. The third kappa shape index (κ3) is 4.58. The Bertz CT molecular complexity index is 848. The molecule has 156 valence electrons. The van der Waals surface area contributed by atoms with Crippen molar-refractivity contribution in [3.05, 3.63) is 29.8 Å². The highest BCUT2D eigenvalue weighted by atomic mass is 16.2. The molecule has 0 spiro atoms. The van der Waals surface area contributed by atoms with E-state index in [4.69, 9.17) is 0 Å². The molecule has 1 amide bonds. The molecule has 4 rings (SSSR count). The summed E-state index contributed by atoms with van der Waals surface area (Å²) in [5.41, 5.74) is 2.03. The molecule has 2 aliphatic heterocycles. The largest absolute Gasteiger partial charge is 0.354 e. The maximum atomic E-state index is 12.6. The van der Waals surface area contributed by atoms with E-state index in [0.717, 1.165) is 81.1 Å². The van der Waals surface area contributed by atoms with Crippen LogP contribution in [0.15, 0.2) is 18.5 Å². The zero-order valence-electron chi connectivity index (χ0n) is 17.7. The van der Waals surface area contributed by atoms with E-state index >= 15 is 0 Å². The Labute approximate surface area is 172 Å². The summed E-state index contributed by atoms with van der Waals surface area (Å²) in [6.45, 7) is 12.1.